The van der Waals surface area contributed by atoms with E-state index in [1.807, 2.05) is 13.8 Å². The molecular weight excluding hydrogens is 296 g/mol. The van der Waals surface area contributed by atoms with Gasteiger partial charge in [0.25, 0.3) is 0 Å². The fourth-order valence-electron chi connectivity index (χ4n) is 3.24. The summed E-state index contributed by atoms with van der Waals surface area (Å²) < 4.78 is 0. The second-order valence-corrected chi connectivity index (χ2v) is 6.56. The molecule has 0 spiro atoms. The second kappa shape index (κ2) is 9.01. The summed E-state index contributed by atoms with van der Waals surface area (Å²) in [7, 11) is 0. The Labute approximate surface area is 138 Å². The Hall–Kier alpha value is -1.43. The Morgan fingerprint density at radius 3 is 2.30 bits per heavy atom. The van der Waals surface area contributed by atoms with Crippen molar-refractivity contribution in [3.8, 4) is 0 Å². The minimum absolute atomic E-state index is 0.176. The molecule has 2 atom stereocenters. The maximum absolute atomic E-state index is 12.5. The van der Waals surface area contributed by atoms with Crippen LogP contribution in [0.25, 0.3) is 0 Å². The SMILES string of the molecule is CCCCC(=O)C(CCC)C(N)(NC(=O)C1CCCC1)C(=O)O. The summed E-state index contributed by atoms with van der Waals surface area (Å²) in [6.07, 6.45) is 6.28. The van der Waals surface area contributed by atoms with Gasteiger partial charge in [-0.15, -0.1) is 0 Å². The molecule has 6 nitrogen and oxygen atoms in total. The number of hydrogen-bond acceptors (Lipinski definition) is 4. The van der Waals surface area contributed by atoms with E-state index in [1.54, 1.807) is 0 Å². The summed E-state index contributed by atoms with van der Waals surface area (Å²) in [6, 6.07) is 0. The topological polar surface area (TPSA) is 109 Å². The molecule has 0 saturated heterocycles. The van der Waals surface area contributed by atoms with E-state index in [-0.39, 0.29) is 17.6 Å². The highest BCUT2D eigenvalue weighted by Crippen LogP contribution is 2.27. The van der Waals surface area contributed by atoms with Gasteiger partial charge >= 0.3 is 5.97 Å². The van der Waals surface area contributed by atoms with Gasteiger partial charge < -0.3 is 10.4 Å². The molecule has 1 rings (SSSR count). The highest BCUT2D eigenvalue weighted by Gasteiger charge is 2.47. The number of carbonyl (C=O) groups is 3. The van der Waals surface area contributed by atoms with Gasteiger partial charge in [0.2, 0.25) is 5.91 Å². The highest BCUT2D eigenvalue weighted by molar-refractivity contribution is 5.94. The first kappa shape index (κ1) is 19.6. The minimum Gasteiger partial charge on any atom is -0.478 e. The van der Waals surface area contributed by atoms with Crippen molar-refractivity contribution in [3.63, 3.8) is 0 Å². The smallest absolute Gasteiger partial charge is 0.345 e. The molecule has 132 valence electrons. The molecule has 0 heterocycles. The molecule has 1 aliphatic rings. The lowest BCUT2D eigenvalue weighted by Gasteiger charge is -2.34. The van der Waals surface area contributed by atoms with Gasteiger partial charge in [0.1, 0.15) is 5.78 Å². The van der Waals surface area contributed by atoms with E-state index in [0.717, 1.165) is 32.1 Å². The van der Waals surface area contributed by atoms with Crippen molar-refractivity contribution in [1.82, 2.24) is 5.32 Å². The number of hydrogen-bond donors (Lipinski definition) is 3. The fourth-order valence-corrected chi connectivity index (χ4v) is 3.24. The molecule has 6 heteroatoms. The molecule has 1 amide bonds. The summed E-state index contributed by atoms with van der Waals surface area (Å²) in [4.78, 5) is 36.6. The molecule has 1 saturated carbocycles. The molecule has 1 aliphatic carbocycles. The van der Waals surface area contributed by atoms with Crippen molar-refractivity contribution in [1.29, 1.82) is 0 Å². The summed E-state index contributed by atoms with van der Waals surface area (Å²) in [5.41, 5.74) is 4.05. The molecule has 0 aliphatic heterocycles. The zero-order valence-electron chi connectivity index (χ0n) is 14.3. The van der Waals surface area contributed by atoms with Crippen LogP contribution < -0.4 is 11.1 Å². The largest absolute Gasteiger partial charge is 0.478 e. The van der Waals surface area contributed by atoms with E-state index in [2.05, 4.69) is 5.32 Å². The number of nitrogens with two attached hydrogens (primary N) is 1. The molecule has 0 aromatic rings. The lowest BCUT2D eigenvalue weighted by molar-refractivity contribution is -0.154. The molecular formula is C17H30N2O4. The minimum atomic E-state index is -2.01. The Morgan fingerprint density at radius 2 is 1.83 bits per heavy atom. The number of unbranched alkanes of at least 4 members (excludes halogenated alkanes) is 1. The van der Waals surface area contributed by atoms with Crippen LogP contribution in [0.15, 0.2) is 0 Å². The van der Waals surface area contributed by atoms with Crippen LogP contribution in [0.2, 0.25) is 0 Å². The Bertz CT molecular complexity index is 432. The number of amides is 1. The Balaban J connectivity index is 2.94. The van der Waals surface area contributed by atoms with E-state index in [1.165, 1.54) is 0 Å². The summed E-state index contributed by atoms with van der Waals surface area (Å²) in [6.45, 7) is 3.85. The van der Waals surface area contributed by atoms with Crippen molar-refractivity contribution in [2.45, 2.75) is 77.3 Å². The number of Topliss-reactive ketones (excluding diaryl/α,β-unsaturated/α-hetero) is 1. The van der Waals surface area contributed by atoms with Crippen molar-refractivity contribution in [2.24, 2.45) is 17.6 Å². The second-order valence-electron chi connectivity index (χ2n) is 6.56. The van der Waals surface area contributed by atoms with Gasteiger partial charge in [0, 0.05) is 12.3 Å². The number of rotatable bonds is 10. The van der Waals surface area contributed by atoms with Gasteiger partial charge in [-0.25, -0.2) is 4.79 Å². The predicted molar refractivity (Wildman–Crippen MR) is 87.6 cm³/mol. The molecule has 0 radical (unpaired) electrons. The van der Waals surface area contributed by atoms with Gasteiger partial charge in [-0.3, -0.25) is 15.3 Å². The van der Waals surface area contributed by atoms with Crippen LogP contribution in [0.3, 0.4) is 0 Å². The van der Waals surface area contributed by atoms with Gasteiger partial charge in [0.15, 0.2) is 5.66 Å². The molecule has 0 aromatic carbocycles. The third kappa shape index (κ3) is 5.03. The fraction of sp³-hybridized carbons (Fsp3) is 0.824. The maximum atomic E-state index is 12.5. The van der Waals surface area contributed by atoms with E-state index in [4.69, 9.17) is 5.73 Å². The lowest BCUT2D eigenvalue weighted by Crippen LogP contribution is -2.68. The number of nitrogens with one attached hydrogen (secondary N) is 1. The van der Waals surface area contributed by atoms with Gasteiger partial charge in [0.05, 0.1) is 5.92 Å². The zero-order valence-corrected chi connectivity index (χ0v) is 14.3. The zero-order chi connectivity index (χ0) is 17.5. The van der Waals surface area contributed by atoms with Crippen molar-refractivity contribution in [3.05, 3.63) is 0 Å². The average Bonchev–Trinajstić information content (AvgIpc) is 3.04. The van der Waals surface area contributed by atoms with Crippen molar-refractivity contribution in [2.75, 3.05) is 0 Å². The van der Waals surface area contributed by atoms with Crippen molar-refractivity contribution >= 4 is 17.7 Å². The number of aliphatic carboxylic acids is 1. The summed E-state index contributed by atoms with van der Waals surface area (Å²) >= 11 is 0. The molecule has 23 heavy (non-hydrogen) atoms. The van der Waals surface area contributed by atoms with Crippen LogP contribution in [0, 0.1) is 11.8 Å². The Kier molecular flexibility index (Phi) is 7.68. The van der Waals surface area contributed by atoms with Crippen LogP contribution in [-0.2, 0) is 14.4 Å². The predicted octanol–water partition coefficient (Wildman–Crippen LogP) is 2.21. The first-order valence-corrected chi connectivity index (χ1v) is 8.73. The molecule has 4 N–H and O–H groups in total. The van der Waals surface area contributed by atoms with Crippen LogP contribution in [-0.4, -0.2) is 28.4 Å². The number of carboxylic acid groups (broad SMARTS) is 1. The quantitative estimate of drug-likeness (QED) is 0.533. The van der Waals surface area contributed by atoms with Gasteiger partial charge in [-0.1, -0.05) is 39.5 Å². The van der Waals surface area contributed by atoms with E-state index in [9.17, 15) is 19.5 Å². The van der Waals surface area contributed by atoms with E-state index >= 15 is 0 Å². The van der Waals surface area contributed by atoms with E-state index < -0.39 is 17.6 Å². The van der Waals surface area contributed by atoms with E-state index in [0.29, 0.717) is 25.7 Å². The first-order valence-electron chi connectivity index (χ1n) is 8.73. The molecule has 1 fully saturated rings. The standard InChI is InChI=1S/C17H30N2O4/c1-3-5-11-14(20)13(8-4-2)17(18,16(22)23)19-15(21)12-9-6-7-10-12/h12-13H,3-11,18H2,1-2H3,(H,19,21)(H,22,23). The third-order valence-electron chi connectivity index (χ3n) is 4.70. The van der Waals surface area contributed by atoms with Crippen LogP contribution >= 0.6 is 0 Å². The Morgan fingerprint density at radius 1 is 1.22 bits per heavy atom. The lowest BCUT2D eigenvalue weighted by atomic mass is 9.83. The van der Waals surface area contributed by atoms with Gasteiger partial charge in [-0.2, -0.15) is 0 Å². The average molecular weight is 326 g/mol. The normalized spacial score (nSPS) is 19.1. The van der Waals surface area contributed by atoms with Crippen LogP contribution in [0.4, 0.5) is 0 Å². The monoisotopic (exact) mass is 326 g/mol. The maximum Gasteiger partial charge on any atom is 0.345 e. The first-order chi connectivity index (χ1) is 10.9. The summed E-state index contributed by atoms with van der Waals surface area (Å²) in [5, 5.41) is 12.1. The molecule has 2 unspecified atom stereocenters. The molecule has 0 aromatic heterocycles. The van der Waals surface area contributed by atoms with Gasteiger partial charge in [-0.05, 0) is 25.7 Å². The van der Waals surface area contributed by atoms with Crippen molar-refractivity contribution < 1.29 is 19.5 Å². The highest BCUT2D eigenvalue weighted by atomic mass is 16.4. The number of carbonyl (C=O) groups excluding carboxylic acids is 2. The number of ketones is 1. The summed E-state index contributed by atoms with van der Waals surface area (Å²) in [5.74, 6) is -2.93. The third-order valence-corrected chi connectivity index (χ3v) is 4.70. The van der Waals surface area contributed by atoms with Crippen LogP contribution in [0.1, 0.15) is 71.6 Å². The molecule has 0 bridgehead atoms. The number of carboxylic acids is 1. The van der Waals surface area contributed by atoms with Crippen LogP contribution in [0.5, 0.6) is 0 Å².